The van der Waals surface area contributed by atoms with Gasteiger partial charge >= 0.3 is 0 Å². The van der Waals surface area contributed by atoms with E-state index in [2.05, 4.69) is 0 Å². The first kappa shape index (κ1) is 9.00. The lowest BCUT2D eigenvalue weighted by atomic mass is 10.0. The van der Waals surface area contributed by atoms with E-state index in [0.717, 1.165) is 4.70 Å². The Morgan fingerprint density at radius 1 is 1.43 bits per heavy atom. The molecule has 1 aromatic heterocycles. The maximum absolute atomic E-state index is 9.52. The second kappa shape index (κ2) is 3.29. The molecule has 0 aliphatic heterocycles. The lowest BCUT2D eigenvalue weighted by Crippen LogP contribution is -1.89. The summed E-state index contributed by atoms with van der Waals surface area (Å²) in [5.41, 5.74) is 0.914. The normalized spacial score (nSPS) is 10.3. The van der Waals surface area contributed by atoms with Crippen LogP contribution in [0.5, 0.6) is 5.75 Å². The number of hydrogen-bond donors (Lipinski definition) is 2. The maximum Gasteiger partial charge on any atom is 0.135 e. The van der Waals surface area contributed by atoms with Gasteiger partial charge in [0.2, 0.25) is 0 Å². The molecule has 0 saturated carbocycles. The van der Waals surface area contributed by atoms with Crippen molar-refractivity contribution in [2.45, 2.75) is 6.61 Å². The number of benzene rings is 1. The third-order valence-corrected chi connectivity index (χ3v) is 3.02. The summed E-state index contributed by atoms with van der Waals surface area (Å²) in [6, 6.07) is 5.51. The predicted molar refractivity (Wildman–Crippen MR) is 54.1 cm³/mol. The SMILES string of the molecule is N#Cc1c(CO)ccc2scc(O)c12. The molecule has 0 spiro atoms. The van der Waals surface area contributed by atoms with Gasteiger partial charge in [-0.3, -0.25) is 0 Å². The van der Waals surface area contributed by atoms with Gasteiger partial charge in [0.15, 0.2) is 0 Å². The fourth-order valence-electron chi connectivity index (χ4n) is 1.42. The number of nitrogens with zero attached hydrogens (tertiary/aromatic N) is 1. The van der Waals surface area contributed by atoms with Crippen LogP contribution in [0.15, 0.2) is 17.5 Å². The van der Waals surface area contributed by atoms with E-state index in [1.54, 1.807) is 17.5 Å². The minimum atomic E-state index is -0.186. The van der Waals surface area contributed by atoms with Crippen molar-refractivity contribution in [2.75, 3.05) is 0 Å². The van der Waals surface area contributed by atoms with Crippen molar-refractivity contribution in [2.24, 2.45) is 0 Å². The highest BCUT2D eigenvalue weighted by atomic mass is 32.1. The number of hydrogen-bond acceptors (Lipinski definition) is 4. The molecular weight excluding hydrogens is 198 g/mol. The van der Waals surface area contributed by atoms with Gasteiger partial charge in [0.1, 0.15) is 11.8 Å². The van der Waals surface area contributed by atoms with Crippen LogP contribution in [0.4, 0.5) is 0 Å². The Balaban J connectivity index is 2.90. The molecule has 2 aromatic rings. The summed E-state index contributed by atoms with van der Waals surface area (Å²) in [4.78, 5) is 0. The van der Waals surface area contributed by atoms with Crippen LogP contribution in [-0.2, 0) is 6.61 Å². The van der Waals surface area contributed by atoms with Crippen molar-refractivity contribution in [3.8, 4) is 11.8 Å². The molecule has 0 saturated heterocycles. The number of aliphatic hydroxyl groups is 1. The quantitative estimate of drug-likeness (QED) is 0.748. The summed E-state index contributed by atoms with van der Waals surface area (Å²) in [5, 5.41) is 29.6. The molecule has 0 aliphatic carbocycles. The van der Waals surface area contributed by atoms with Crippen LogP contribution in [0.3, 0.4) is 0 Å². The number of aromatic hydroxyl groups is 1. The molecule has 1 aromatic carbocycles. The van der Waals surface area contributed by atoms with Crippen LogP contribution >= 0.6 is 11.3 Å². The van der Waals surface area contributed by atoms with Gasteiger partial charge < -0.3 is 10.2 Å². The van der Waals surface area contributed by atoms with Crippen molar-refractivity contribution >= 4 is 21.4 Å². The summed E-state index contributed by atoms with van der Waals surface area (Å²) in [6.45, 7) is -0.186. The molecule has 2 N–H and O–H groups in total. The van der Waals surface area contributed by atoms with Crippen LogP contribution in [0.25, 0.3) is 10.1 Å². The second-order valence-electron chi connectivity index (χ2n) is 2.86. The third-order valence-electron chi connectivity index (χ3n) is 2.09. The third kappa shape index (κ3) is 1.15. The summed E-state index contributed by atoms with van der Waals surface area (Å²) in [5.74, 6) is 0.108. The monoisotopic (exact) mass is 205 g/mol. The minimum absolute atomic E-state index is 0.108. The molecule has 2 rings (SSSR count). The van der Waals surface area contributed by atoms with E-state index >= 15 is 0 Å². The van der Waals surface area contributed by atoms with Gasteiger partial charge in [-0.25, -0.2) is 0 Å². The zero-order chi connectivity index (χ0) is 10.1. The Morgan fingerprint density at radius 2 is 2.21 bits per heavy atom. The number of aliphatic hydroxyl groups excluding tert-OH is 1. The predicted octanol–water partition coefficient (Wildman–Crippen LogP) is 1.97. The van der Waals surface area contributed by atoms with E-state index in [-0.39, 0.29) is 12.4 Å². The van der Waals surface area contributed by atoms with Crippen molar-refractivity contribution in [1.29, 1.82) is 5.26 Å². The van der Waals surface area contributed by atoms with Crippen LogP contribution in [-0.4, -0.2) is 10.2 Å². The van der Waals surface area contributed by atoms with E-state index < -0.39 is 0 Å². The average molecular weight is 205 g/mol. The second-order valence-corrected chi connectivity index (χ2v) is 3.77. The van der Waals surface area contributed by atoms with E-state index in [0.29, 0.717) is 16.5 Å². The van der Waals surface area contributed by atoms with Crippen molar-refractivity contribution < 1.29 is 10.2 Å². The molecule has 0 bridgehead atoms. The van der Waals surface area contributed by atoms with Crippen LogP contribution in [0.1, 0.15) is 11.1 Å². The van der Waals surface area contributed by atoms with E-state index in [1.165, 1.54) is 11.3 Å². The summed E-state index contributed by atoms with van der Waals surface area (Å²) in [6.07, 6.45) is 0. The number of fused-ring (bicyclic) bond motifs is 1. The summed E-state index contributed by atoms with van der Waals surface area (Å²) >= 11 is 1.38. The first-order chi connectivity index (χ1) is 6.77. The fraction of sp³-hybridized carbons (Fsp3) is 0.100. The Hall–Kier alpha value is -1.57. The summed E-state index contributed by atoms with van der Waals surface area (Å²) < 4.78 is 0.858. The molecule has 0 fully saturated rings. The highest BCUT2D eigenvalue weighted by Gasteiger charge is 2.11. The Labute approximate surface area is 84.5 Å². The van der Waals surface area contributed by atoms with Crippen molar-refractivity contribution in [3.63, 3.8) is 0 Å². The van der Waals surface area contributed by atoms with Crippen LogP contribution < -0.4 is 0 Å². The van der Waals surface area contributed by atoms with Gasteiger partial charge in [-0.05, 0) is 11.6 Å². The van der Waals surface area contributed by atoms with Gasteiger partial charge in [-0.1, -0.05) is 6.07 Å². The summed E-state index contributed by atoms with van der Waals surface area (Å²) in [7, 11) is 0. The number of nitriles is 1. The Morgan fingerprint density at radius 3 is 2.86 bits per heavy atom. The average Bonchev–Trinajstić information content (AvgIpc) is 2.59. The van der Waals surface area contributed by atoms with Gasteiger partial charge in [0.05, 0.1) is 17.6 Å². The Bertz CT molecular complexity index is 525. The molecule has 1 heterocycles. The zero-order valence-electron chi connectivity index (χ0n) is 7.19. The molecule has 0 aliphatic rings. The van der Waals surface area contributed by atoms with E-state index in [4.69, 9.17) is 10.4 Å². The van der Waals surface area contributed by atoms with E-state index in [9.17, 15) is 5.11 Å². The lowest BCUT2D eigenvalue weighted by Gasteiger charge is -2.01. The number of thiophene rings is 1. The zero-order valence-corrected chi connectivity index (χ0v) is 8.01. The maximum atomic E-state index is 9.52. The highest BCUT2D eigenvalue weighted by Crippen LogP contribution is 2.35. The first-order valence-electron chi connectivity index (χ1n) is 4.01. The molecule has 0 unspecified atom stereocenters. The smallest absolute Gasteiger partial charge is 0.135 e. The molecule has 0 atom stereocenters. The van der Waals surface area contributed by atoms with Gasteiger partial charge in [0, 0.05) is 10.1 Å². The topological polar surface area (TPSA) is 64.2 Å². The minimum Gasteiger partial charge on any atom is -0.506 e. The molecule has 70 valence electrons. The molecule has 0 radical (unpaired) electrons. The largest absolute Gasteiger partial charge is 0.506 e. The molecule has 14 heavy (non-hydrogen) atoms. The van der Waals surface area contributed by atoms with Gasteiger partial charge in [-0.15, -0.1) is 11.3 Å². The van der Waals surface area contributed by atoms with Gasteiger partial charge in [-0.2, -0.15) is 5.26 Å². The standard InChI is InChI=1S/C10H7NO2S/c11-3-7-6(4-12)1-2-9-10(7)8(13)5-14-9/h1-2,5,12-13H,4H2. The molecule has 4 heteroatoms. The van der Waals surface area contributed by atoms with Crippen molar-refractivity contribution in [1.82, 2.24) is 0 Å². The van der Waals surface area contributed by atoms with Crippen LogP contribution in [0.2, 0.25) is 0 Å². The highest BCUT2D eigenvalue weighted by molar-refractivity contribution is 7.17. The van der Waals surface area contributed by atoms with E-state index in [1.807, 2.05) is 6.07 Å². The van der Waals surface area contributed by atoms with Crippen LogP contribution in [0, 0.1) is 11.3 Å². The lowest BCUT2D eigenvalue weighted by molar-refractivity contribution is 0.281. The fourth-order valence-corrected chi connectivity index (χ4v) is 2.24. The molecular formula is C10H7NO2S. The molecule has 3 nitrogen and oxygen atoms in total. The van der Waals surface area contributed by atoms with Gasteiger partial charge in [0.25, 0.3) is 0 Å². The number of rotatable bonds is 1. The molecule has 0 amide bonds. The van der Waals surface area contributed by atoms with Crippen molar-refractivity contribution in [3.05, 3.63) is 28.6 Å². The Kier molecular flexibility index (Phi) is 2.12. The first-order valence-corrected chi connectivity index (χ1v) is 4.89.